The number of rotatable bonds is 5. The van der Waals surface area contributed by atoms with Crippen molar-refractivity contribution in [1.29, 1.82) is 0 Å². The summed E-state index contributed by atoms with van der Waals surface area (Å²) in [5.74, 6) is -0.778. The zero-order valence-corrected chi connectivity index (χ0v) is 9.09. The monoisotopic (exact) mass is 201 g/mol. The average Bonchev–Trinajstić information content (AvgIpc) is 2.01. The van der Waals surface area contributed by atoms with Crippen LogP contribution in [0.1, 0.15) is 40.0 Å². The zero-order chi connectivity index (χ0) is 11.2. The standard InChI is InChI=1S/C10H19NO3/c1-10(2,3)9(14)11-7-5-4-6-8(12)13/h4-7H2,1-3H3,(H,11,14)(H,12,13). The quantitative estimate of drug-likeness (QED) is 0.661. The summed E-state index contributed by atoms with van der Waals surface area (Å²) >= 11 is 0. The van der Waals surface area contributed by atoms with Gasteiger partial charge >= 0.3 is 5.97 Å². The van der Waals surface area contributed by atoms with Gasteiger partial charge in [0, 0.05) is 18.4 Å². The molecule has 82 valence electrons. The van der Waals surface area contributed by atoms with Gasteiger partial charge in [0.1, 0.15) is 0 Å². The molecule has 0 aromatic heterocycles. The van der Waals surface area contributed by atoms with Crippen molar-refractivity contribution < 1.29 is 14.7 Å². The fourth-order valence-corrected chi connectivity index (χ4v) is 0.868. The number of nitrogens with one attached hydrogen (secondary N) is 1. The SMILES string of the molecule is CC(C)(C)C(=O)NCCCCC(=O)O. The van der Waals surface area contributed by atoms with Gasteiger partial charge in [0.2, 0.25) is 5.91 Å². The van der Waals surface area contributed by atoms with Gasteiger partial charge in [0.05, 0.1) is 0 Å². The predicted molar refractivity (Wildman–Crippen MR) is 54.0 cm³/mol. The molecule has 14 heavy (non-hydrogen) atoms. The Morgan fingerprint density at radius 1 is 1.21 bits per heavy atom. The first-order valence-electron chi connectivity index (χ1n) is 4.84. The zero-order valence-electron chi connectivity index (χ0n) is 9.09. The number of carboxylic acid groups (broad SMARTS) is 1. The second-order valence-electron chi connectivity index (χ2n) is 4.36. The van der Waals surface area contributed by atoms with Crippen molar-refractivity contribution in [3.05, 3.63) is 0 Å². The van der Waals surface area contributed by atoms with Crippen LogP contribution in [0.4, 0.5) is 0 Å². The normalized spacial score (nSPS) is 11.1. The summed E-state index contributed by atoms with van der Waals surface area (Å²) in [4.78, 5) is 21.5. The van der Waals surface area contributed by atoms with Crippen LogP contribution in [-0.4, -0.2) is 23.5 Å². The Bertz CT molecular complexity index is 206. The molecular formula is C10H19NO3. The van der Waals surface area contributed by atoms with Crippen molar-refractivity contribution in [2.45, 2.75) is 40.0 Å². The van der Waals surface area contributed by atoms with Crippen molar-refractivity contribution in [3.8, 4) is 0 Å². The number of hydrogen-bond acceptors (Lipinski definition) is 2. The van der Waals surface area contributed by atoms with Crippen LogP contribution in [0.15, 0.2) is 0 Å². The van der Waals surface area contributed by atoms with Crippen LogP contribution in [0.2, 0.25) is 0 Å². The van der Waals surface area contributed by atoms with Crippen LogP contribution in [0.5, 0.6) is 0 Å². The number of aliphatic carboxylic acids is 1. The molecule has 0 unspecified atom stereocenters. The number of carboxylic acids is 1. The minimum Gasteiger partial charge on any atom is -0.481 e. The Morgan fingerprint density at radius 2 is 1.79 bits per heavy atom. The van der Waals surface area contributed by atoms with E-state index in [2.05, 4.69) is 5.32 Å². The van der Waals surface area contributed by atoms with Crippen LogP contribution in [0, 0.1) is 5.41 Å². The second-order valence-corrected chi connectivity index (χ2v) is 4.36. The largest absolute Gasteiger partial charge is 0.481 e. The van der Waals surface area contributed by atoms with Gasteiger partial charge < -0.3 is 10.4 Å². The number of unbranched alkanes of at least 4 members (excludes halogenated alkanes) is 1. The molecule has 0 aliphatic heterocycles. The minimum atomic E-state index is -0.785. The summed E-state index contributed by atoms with van der Waals surface area (Å²) in [5, 5.41) is 11.1. The fourth-order valence-electron chi connectivity index (χ4n) is 0.868. The lowest BCUT2D eigenvalue weighted by molar-refractivity contribution is -0.137. The highest BCUT2D eigenvalue weighted by Gasteiger charge is 2.19. The minimum absolute atomic E-state index is 0.00725. The van der Waals surface area contributed by atoms with Gasteiger partial charge in [-0.25, -0.2) is 0 Å². The maximum Gasteiger partial charge on any atom is 0.303 e. The van der Waals surface area contributed by atoms with Crippen LogP contribution < -0.4 is 5.32 Å². The molecule has 0 fully saturated rings. The van der Waals surface area contributed by atoms with Gasteiger partial charge in [0.25, 0.3) is 0 Å². The van der Waals surface area contributed by atoms with Crippen LogP contribution in [-0.2, 0) is 9.59 Å². The Balaban J connectivity index is 3.46. The first kappa shape index (κ1) is 12.9. The Morgan fingerprint density at radius 3 is 2.21 bits per heavy atom. The van der Waals surface area contributed by atoms with E-state index in [1.165, 1.54) is 0 Å². The van der Waals surface area contributed by atoms with Gasteiger partial charge in [-0.1, -0.05) is 20.8 Å². The highest BCUT2D eigenvalue weighted by Crippen LogP contribution is 2.12. The summed E-state index contributed by atoms with van der Waals surface area (Å²) in [5.41, 5.74) is -0.368. The van der Waals surface area contributed by atoms with Gasteiger partial charge in [-0.15, -0.1) is 0 Å². The molecule has 0 saturated carbocycles. The molecule has 2 N–H and O–H groups in total. The lowest BCUT2D eigenvalue weighted by Crippen LogP contribution is -2.35. The van der Waals surface area contributed by atoms with E-state index in [0.717, 1.165) is 0 Å². The lowest BCUT2D eigenvalue weighted by atomic mass is 9.96. The summed E-state index contributed by atoms with van der Waals surface area (Å²) in [7, 11) is 0. The fraction of sp³-hybridized carbons (Fsp3) is 0.800. The summed E-state index contributed by atoms with van der Waals surface area (Å²) in [6, 6.07) is 0. The van der Waals surface area contributed by atoms with Crippen molar-refractivity contribution >= 4 is 11.9 Å². The Kier molecular flexibility index (Phi) is 5.20. The van der Waals surface area contributed by atoms with E-state index in [-0.39, 0.29) is 17.7 Å². The molecule has 0 atom stereocenters. The molecule has 0 aromatic rings. The third kappa shape index (κ3) is 6.46. The molecule has 0 saturated heterocycles. The Hall–Kier alpha value is -1.06. The average molecular weight is 201 g/mol. The van der Waals surface area contributed by atoms with Gasteiger partial charge in [0.15, 0.2) is 0 Å². The molecule has 0 rings (SSSR count). The van der Waals surface area contributed by atoms with E-state index in [4.69, 9.17) is 5.11 Å². The maximum absolute atomic E-state index is 11.3. The van der Waals surface area contributed by atoms with Gasteiger partial charge in [-0.2, -0.15) is 0 Å². The third-order valence-corrected chi connectivity index (χ3v) is 1.78. The molecule has 4 nitrogen and oxygen atoms in total. The predicted octanol–water partition coefficient (Wildman–Crippen LogP) is 1.40. The summed E-state index contributed by atoms with van der Waals surface area (Å²) < 4.78 is 0. The van der Waals surface area contributed by atoms with Crippen molar-refractivity contribution in [2.75, 3.05) is 6.54 Å². The molecule has 0 aliphatic rings. The van der Waals surface area contributed by atoms with E-state index in [1.54, 1.807) is 0 Å². The van der Waals surface area contributed by atoms with Gasteiger partial charge in [-0.3, -0.25) is 9.59 Å². The smallest absolute Gasteiger partial charge is 0.303 e. The van der Waals surface area contributed by atoms with E-state index < -0.39 is 5.97 Å². The molecule has 0 heterocycles. The third-order valence-electron chi connectivity index (χ3n) is 1.78. The summed E-state index contributed by atoms with van der Waals surface area (Å²) in [6.07, 6.45) is 1.50. The van der Waals surface area contributed by atoms with Crippen LogP contribution in [0.25, 0.3) is 0 Å². The molecular weight excluding hydrogens is 182 g/mol. The molecule has 0 spiro atoms. The number of amides is 1. The molecule has 1 amide bonds. The van der Waals surface area contributed by atoms with Crippen LogP contribution >= 0.6 is 0 Å². The molecule has 0 radical (unpaired) electrons. The molecule has 0 bridgehead atoms. The Labute approximate surface area is 84.7 Å². The first-order valence-corrected chi connectivity index (χ1v) is 4.84. The van der Waals surface area contributed by atoms with E-state index in [0.29, 0.717) is 19.4 Å². The number of carbonyl (C=O) groups excluding carboxylic acids is 1. The first-order chi connectivity index (χ1) is 6.34. The van der Waals surface area contributed by atoms with E-state index in [9.17, 15) is 9.59 Å². The van der Waals surface area contributed by atoms with E-state index >= 15 is 0 Å². The molecule has 0 aliphatic carbocycles. The maximum atomic E-state index is 11.3. The number of carbonyl (C=O) groups is 2. The molecule has 4 heteroatoms. The summed E-state index contributed by atoms with van der Waals surface area (Å²) in [6.45, 7) is 6.10. The van der Waals surface area contributed by atoms with Gasteiger partial charge in [-0.05, 0) is 12.8 Å². The molecule has 0 aromatic carbocycles. The highest BCUT2D eigenvalue weighted by atomic mass is 16.4. The highest BCUT2D eigenvalue weighted by molar-refractivity contribution is 5.81. The van der Waals surface area contributed by atoms with Crippen LogP contribution in [0.3, 0.4) is 0 Å². The van der Waals surface area contributed by atoms with Crippen molar-refractivity contribution in [3.63, 3.8) is 0 Å². The van der Waals surface area contributed by atoms with Crippen molar-refractivity contribution in [2.24, 2.45) is 5.41 Å². The number of hydrogen-bond donors (Lipinski definition) is 2. The van der Waals surface area contributed by atoms with E-state index in [1.807, 2.05) is 20.8 Å². The second kappa shape index (κ2) is 5.62. The van der Waals surface area contributed by atoms with Crippen molar-refractivity contribution in [1.82, 2.24) is 5.32 Å². The lowest BCUT2D eigenvalue weighted by Gasteiger charge is -2.17. The topological polar surface area (TPSA) is 66.4 Å².